The number of ketones is 1. The minimum absolute atomic E-state index is 0.145. The van der Waals surface area contributed by atoms with E-state index in [1.807, 2.05) is 0 Å². The zero-order valence-corrected chi connectivity index (χ0v) is 7.36. The number of hydrogen-bond donors (Lipinski definition) is 0. The van der Waals surface area contributed by atoms with Gasteiger partial charge in [0.25, 0.3) is 5.78 Å². The second-order valence-corrected chi connectivity index (χ2v) is 2.91. The lowest BCUT2D eigenvalue weighted by Gasteiger charge is -1.96. The molecule has 0 saturated heterocycles. The Morgan fingerprint density at radius 2 is 2.08 bits per heavy atom. The molecule has 0 amide bonds. The van der Waals surface area contributed by atoms with Gasteiger partial charge >= 0.3 is 0 Å². The van der Waals surface area contributed by atoms with E-state index in [1.54, 1.807) is 6.07 Å². The minimum Gasteiger partial charge on any atom is -0.277 e. The van der Waals surface area contributed by atoms with Crippen molar-refractivity contribution in [2.75, 3.05) is 0 Å². The highest BCUT2D eigenvalue weighted by molar-refractivity contribution is 6.36. The summed E-state index contributed by atoms with van der Waals surface area (Å²) in [5.41, 5.74) is 0.145. The molecule has 0 radical (unpaired) electrons. The topological polar surface area (TPSA) is 40.9 Å². The fourth-order valence-electron chi connectivity index (χ4n) is 0.732. The second-order valence-electron chi connectivity index (χ2n) is 2.07. The van der Waals surface area contributed by atoms with Crippen molar-refractivity contribution in [1.82, 2.24) is 0 Å². The molecule has 60 valence electrons. The maximum Gasteiger partial charge on any atom is 0.263 e. The van der Waals surface area contributed by atoms with E-state index >= 15 is 0 Å². The van der Waals surface area contributed by atoms with Crippen molar-refractivity contribution in [3.63, 3.8) is 0 Å². The molecule has 1 aromatic rings. The molecule has 0 fully saturated rings. The van der Waals surface area contributed by atoms with E-state index in [0.717, 1.165) is 0 Å². The summed E-state index contributed by atoms with van der Waals surface area (Å²) in [5.74, 6) is -0.678. The van der Waals surface area contributed by atoms with E-state index in [1.165, 1.54) is 18.2 Å². The molecule has 2 nitrogen and oxygen atoms in total. The van der Waals surface area contributed by atoms with Gasteiger partial charge in [-0.15, -0.1) is 0 Å². The molecule has 0 aliphatic rings. The molecule has 4 heteroatoms. The van der Waals surface area contributed by atoms with Gasteiger partial charge < -0.3 is 0 Å². The second kappa shape index (κ2) is 3.57. The highest BCUT2D eigenvalue weighted by Crippen LogP contribution is 2.20. The Balaban J connectivity index is 3.25. The first-order valence-corrected chi connectivity index (χ1v) is 3.80. The van der Waals surface area contributed by atoms with E-state index in [0.29, 0.717) is 5.02 Å². The predicted molar refractivity (Wildman–Crippen MR) is 46.4 cm³/mol. The summed E-state index contributed by atoms with van der Waals surface area (Å²) >= 11 is 11.2. The molecule has 0 unspecified atom stereocenters. The fraction of sp³-hybridized carbons (Fsp3) is 0. The van der Waals surface area contributed by atoms with Crippen molar-refractivity contribution in [1.29, 1.82) is 5.26 Å². The van der Waals surface area contributed by atoms with Crippen molar-refractivity contribution in [3.05, 3.63) is 33.8 Å². The van der Waals surface area contributed by atoms with Crippen LogP contribution in [0.1, 0.15) is 10.4 Å². The number of carbonyl (C=O) groups is 1. The van der Waals surface area contributed by atoms with Crippen LogP contribution in [0.2, 0.25) is 10.0 Å². The van der Waals surface area contributed by atoms with Crippen molar-refractivity contribution in [2.45, 2.75) is 0 Å². The third-order valence-corrected chi connectivity index (χ3v) is 1.84. The Bertz CT molecular complexity index is 368. The van der Waals surface area contributed by atoms with Gasteiger partial charge in [-0.2, -0.15) is 5.26 Å². The first-order valence-electron chi connectivity index (χ1n) is 3.04. The minimum atomic E-state index is -0.678. The molecule has 0 aliphatic heterocycles. The highest BCUT2D eigenvalue weighted by Gasteiger charge is 2.09. The average Bonchev–Trinajstić information content (AvgIpc) is 2.08. The SMILES string of the molecule is N#CC(=O)c1cc(Cl)ccc1Cl. The molecule has 0 heterocycles. The van der Waals surface area contributed by atoms with Gasteiger partial charge in [0.15, 0.2) is 0 Å². The zero-order chi connectivity index (χ0) is 9.14. The maximum atomic E-state index is 10.9. The lowest BCUT2D eigenvalue weighted by molar-refractivity contribution is 0.105. The van der Waals surface area contributed by atoms with Gasteiger partial charge in [-0.25, -0.2) is 0 Å². The van der Waals surface area contributed by atoms with E-state index < -0.39 is 5.78 Å². The van der Waals surface area contributed by atoms with Gasteiger partial charge in [0.2, 0.25) is 0 Å². The molecule has 1 rings (SSSR count). The van der Waals surface area contributed by atoms with Gasteiger partial charge in [0.05, 0.1) is 10.6 Å². The molecule has 0 saturated carbocycles. The van der Waals surface area contributed by atoms with Crippen LogP contribution in [-0.2, 0) is 0 Å². The molecule has 0 bridgehead atoms. The van der Waals surface area contributed by atoms with Crippen molar-refractivity contribution in [3.8, 4) is 6.07 Å². The third-order valence-electron chi connectivity index (χ3n) is 1.27. The Morgan fingerprint density at radius 3 is 2.67 bits per heavy atom. The molecular formula is C8H3Cl2NO. The van der Waals surface area contributed by atoms with Crippen LogP contribution in [0.5, 0.6) is 0 Å². The Hall–Kier alpha value is -1.04. The number of carbonyl (C=O) groups excluding carboxylic acids is 1. The number of nitriles is 1. The third kappa shape index (κ3) is 1.76. The molecule has 12 heavy (non-hydrogen) atoms. The standard InChI is InChI=1S/C8H3Cl2NO/c9-5-1-2-7(10)6(3-5)8(12)4-11/h1-3H. The first kappa shape index (κ1) is 9.05. The molecule has 0 atom stereocenters. The monoisotopic (exact) mass is 199 g/mol. The van der Waals surface area contributed by atoms with Crippen LogP contribution in [0.3, 0.4) is 0 Å². The number of nitrogens with zero attached hydrogens (tertiary/aromatic N) is 1. The summed E-state index contributed by atoms with van der Waals surface area (Å²) in [6.45, 7) is 0. The van der Waals surface area contributed by atoms with Crippen LogP contribution in [0, 0.1) is 11.3 Å². The quantitative estimate of drug-likeness (QED) is 0.516. The molecule has 0 N–H and O–H groups in total. The van der Waals surface area contributed by atoms with Gasteiger partial charge in [-0.05, 0) is 18.2 Å². The summed E-state index contributed by atoms with van der Waals surface area (Å²) in [6, 6.07) is 5.87. The van der Waals surface area contributed by atoms with Crippen molar-refractivity contribution >= 4 is 29.0 Å². The van der Waals surface area contributed by atoms with Gasteiger partial charge in [-0.1, -0.05) is 23.2 Å². The normalized spacial score (nSPS) is 9.08. The summed E-state index contributed by atoms with van der Waals surface area (Å²) in [7, 11) is 0. The lowest BCUT2D eigenvalue weighted by atomic mass is 10.1. The van der Waals surface area contributed by atoms with Crippen LogP contribution in [-0.4, -0.2) is 5.78 Å². The summed E-state index contributed by atoms with van der Waals surface area (Å²) in [6.07, 6.45) is 0. The van der Waals surface area contributed by atoms with Crippen LogP contribution >= 0.6 is 23.2 Å². The van der Waals surface area contributed by atoms with Gasteiger partial charge in [0.1, 0.15) is 6.07 Å². The molecular weight excluding hydrogens is 197 g/mol. The number of hydrogen-bond acceptors (Lipinski definition) is 2. The van der Waals surface area contributed by atoms with Crippen LogP contribution < -0.4 is 0 Å². The Kier molecular flexibility index (Phi) is 2.69. The van der Waals surface area contributed by atoms with E-state index in [-0.39, 0.29) is 10.6 Å². The lowest BCUT2D eigenvalue weighted by Crippen LogP contribution is -1.95. The molecule has 1 aromatic carbocycles. The number of Topliss-reactive ketones (excluding diaryl/α,β-unsaturated/α-hetero) is 1. The Labute approximate surface area is 79.3 Å². The molecule has 0 aliphatic carbocycles. The van der Waals surface area contributed by atoms with E-state index in [2.05, 4.69) is 0 Å². The smallest absolute Gasteiger partial charge is 0.263 e. The Morgan fingerprint density at radius 1 is 1.42 bits per heavy atom. The predicted octanol–water partition coefficient (Wildman–Crippen LogP) is 2.70. The van der Waals surface area contributed by atoms with Gasteiger partial charge in [-0.3, -0.25) is 4.79 Å². The first-order chi connectivity index (χ1) is 5.65. The highest BCUT2D eigenvalue weighted by atomic mass is 35.5. The number of benzene rings is 1. The largest absolute Gasteiger partial charge is 0.277 e. The average molecular weight is 200 g/mol. The summed E-state index contributed by atoms with van der Waals surface area (Å²) < 4.78 is 0. The van der Waals surface area contributed by atoms with Crippen LogP contribution in [0.25, 0.3) is 0 Å². The molecule has 0 spiro atoms. The summed E-state index contributed by atoms with van der Waals surface area (Å²) in [5, 5.41) is 8.93. The van der Waals surface area contributed by atoms with Crippen molar-refractivity contribution in [2.24, 2.45) is 0 Å². The molecule has 0 aromatic heterocycles. The fourth-order valence-corrected chi connectivity index (χ4v) is 1.11. The number of rotatable bonds is 1. The summed E-state index contributed by atoms with van der Waals surface area (Å²) in [4.78, 5) is 10.9. The van der Waals surface area contributed by atoms with E-state index in [9.17, 15) is 4.79 Å². The maximum absolute atomic E-state index is 10.9. The van der Waals surface area contributed by atoms with Crippen molar-refractivity contribution < 1.29 is 4.79 Å². The van der Waals surface area contributed by atoms with Gasteiger partial charge in [0, 0.05) is 5.02 Å². The van der Waals surface area contributed by atoms with Crippen LogP contribution in [0.15, 0.2) is 18.2 Å². The zero-order valence-electron chi connectivity index (χ0n) is 5.84. The number of halogens is 2. The van der Waals surface area contributed by atoms with E-state index in [4.69, 9.17) is 28.5 Å². The van der Waals surface area contributed by atoms with Crippen LogP contribution in [0.4, 0.5) is 0 Å².